The summed E-state index contributed by atoms with van der Waals surface area (Å²) in [7, 11) is -3.12. The maximum Gasteiger partial charge on any atom is 0.208 e. The molecule has 2 heterocycles. The Balaban J connectivity index is 2.10. The van der Waals surface area contributed by atoms with E-state index in [1.807, 2.05) is 6.92 Å². The van der Waals surface area contributed by atoms with Crippen LogP contribution in [0.5, 0.6) is 0 Å². The molecule has 0 aromatic carbocycles. The number of aryl methyl sites for hydroxylation is 2. The Hall–Kier alpha value is -1.21. The quantitative estimate of drug-likeness (QED) is 0.860. The zero-order valence-corrected chi connectivity index (χ0v) is 14.5. The Bertz CT molecular complexity index is 604. The molecule has 1 aliphatic rings. The lowest BCUT2D eigenvalue weighted by atomic mass is 9.99. The molecule has 2 rings (SSSR count). The Morgan fingerprint density at radius 1 is 1.36 bits per heavy atom. The highest BCUT2D eigenvalue weighted by molar-refractivity contribution is 7.88. The van der Waals surface area contributed by atoms with Crippen molar-refractivity contribution in [3.8, 4) is 0 Å². The molecule has 0 saturated carbocycles. The molecule has 7 heteroatoms. The van der Waals surface area contributed by atoms with Gasteiger partial charge in [-0.3, -0.25) is 0 Å². The number of hydrogen-bond donors (Lipinski definition) is 1. The number of anilines is 1. The van der Waals surface area contributed by atoms with Crippen LogP contribution in [0.3, 0.4) is 0 Å². The van der Waals surface area contributed by atoms with E-state index in [0.717, 1.165) is 49.6 Å². The van der Waals surface area contributed by atoms with Crippen LogP contribution in [0.2, 0.25) is 0 Å². The van der Waals surface area contributed by atoms with Crippen LogP contribution in [0.15, 0.2) is 6.07 Å². The summed E-state index contributed by atoms with van der Waals surface area (Å²) in [5, 5.41) is 0. The van der Waals surface area contributed by atoms with Crippen molar-refractivity contribution in [1.82, 2.24) is 14.7 Å². The third-order valence-corrected chi connectivity index (χ3v) is 4.73. The number of nitrogens with zero attached hydrogens (tertiary/aromatic N) is 3. The number of aromatic nitrogens is 2. The number of sulfonamides is 1. The molecule has 1 saturated heterocycles. The highest BCUT2D eigenvalue weighted by atomic mass is 32.2. The van der Waals surface area contributed by atoms with Crippen LogP contribution in [0.4, 0.5) is 5.82 Å². The fourth-order valence-corrected chi connectivity index (χ4v) is 3.44. The van der Waals surface area contributed by atoms with Gasteiger partial charge >= 0.3 is 0 Å². The van der Waals surface area contributed by atoms with Gasteiger partial charge in [0.1, 0.15) is 11.6 Å². The third-order valence-electron chi connectivity index (χ3n) is 4.00. The van der Waals surface area contributed by atoms with Gasteiger partial charge in [-0.1, -0.05) is 6.92 Å². The zero-order chi connectivity index (χ0) is 16.2. The van der Waals surface area contributed by atoms with Gasteiger partial charge in [-0.2, -0.15) is 0 Å². The van der Waals surface area contributed by atoms with Crippen LogP contribution in [0.1, 0.15) is 44.1 Å². The fourth-order valence-electron chi connectivity index (χ4n) is 2.95. The first-order valence-corrected chi connectivity index (χ1v) is 9.84. The number of nitrogens with one attached hydrogen (secondary N) is 1. The van der Waals surface area contributed by atoms with Gasteiger partial charge in [0, 0.05) is 30.9 Å². The minimum Gasteiger partial charge on any atom is -0.353 e. The summed E-state index contributed by atoms with van der Waals surface area (Å²) in [6.07, 6.45) is 6.32. The highest BCUT2D eigenvalue weighted by Crippen LogP contribution is 2.25. The molecule has 1 aromatic heterocycles. The van der Waals surface area contributed by atoms with Gasteiger partial charge in [-0.25, -0.2) is 23.1 Å². The predicted octanol–water partition coefficient (Wildman–Crippen LogP) is 1.65. The molecule has 1 fully saturated rings. The lowest BCUT2D eigenvalue weighted by molar-refractivity contribution is 0.433. The van der Waals surface area contributed by atoms with Gasteiger partial charge in [0.15, 0.2) is 0 Å². The van der Waals surface area contributed by atoms with Crippen molar-refractivity contribution in [3.05, 3.63) is 17.6 Å². The third kappa shape index (κ3) is 4.91. The Morgan fingerprint density at radius 2 is 2.14 bits per heavy atom. The van der Waals surface area contributed by atoms with Crippen molar-refractivity contribution in [2.75, 3.05) is 24.2 Å². The van der Waals surface area contributed by atoms with Gasteiger partial charge < -0.3 is 4.90 Å². The van der Waals surface area contributed by atoms with E-state index < -0.39 is 10.0 Å². The van der Waals surface area contributed by atoms with Gasteiger partial charge in [0.25, 0.3) is 0 Å². The van der Waals surface area contributed by atoms with E-state index in [9.17, 15) is 8.42 Å². The average molecular weight is 326 g/mol. The van der Waals surface area contributed by atoms with E-state index in [1.165, 1.54) is 12.7 Å². The van der Waals surface area contributed by atoms with Crippen molar-refractivity contribution in [2.45, 2.75) is 52.0 Å². The molecule has 124 valence electrons. The molecule has 0 radical (unpaired) electrons. The normalized spacial score (nSPS) is 19.4. The summed E-state index contributed by atoms with van der Waals surface area (Å²) in [5.74, 6) is 1.78. The maximum absolute atomic E-state index is 11.2. The van der Waals surface area contributed by atoms with Gasteiger partial charge in [-0.15, -0.1) is 0 Å². The summed E-state index contributed by atoms with van der Waals surface area (Å²) < 4.78 is 25.0. The first-order valence-electron chi connectivity index (χ1n) is 7.95. The summed E-state index contributed by atoms with van der Waals surface area (Å²) >= 11 is 0. The van der Waals surface area contributed by atoms with Gasteiger partial charge in [-0.05, 0) is 39.0 Å². The lowest BCUT2D eigenvalue weighted by Gasteiger charge is -2.37. The van der Waals surface area contributed by atoms with E-state index in [-0.39, 0.29) is 0 Å². The molecule has 0 amide bonds. The zero-order valence-electron chi connectivity index (χ0n) is 13.7. The number of rotatable bonds is 6. The minimum absolute atomic E-state index is 0.335. The highest BCUT2D eigenvalue weighted by Gasteiger charge is 2.24. The molecule has 1 unspecified atom stereocenters. The second-order valence-corrected chi connectivity index (χ2v) is 7.75. The molecule has 0 aliphatic carbocycles. The number of piperidine rings is 1. The summed E-state index contributed by atoms with van der Waals surface area (Å²) in [6.45, 7) is 5.47. The molecule has 1 atom stereocenters. The van der Waals surface area contributed by atoms with Crippen LogP contribution in [-0.4, -0.2) is 43.8 Å². The second-order valence-electron chi connectivity index (χ2n) is 5.92. The molecular weight excluding hydrogens is 300 g/mol. The average Bonchev–Trinajstić information content (AvgIpc) is 2.45. The standard InChI is InChI=1S/C15H26N4O2S/c1-4-13-11-15(18-12(2)17-13)19-10-6-5-7-14(19)8-9-16-22(3,20)21/h11,14,16H,4-10H2,1-3H3. The summed E-state index contributed by atoms with van der Waals surface area (Å²) in [4.78, 5) is 11.3. The van der Waals surface area contributed by atoms with Crippen LogP contribution in [0.25, 0.3) is 0 Å². The minimum atomic E-state index is -3.12. The first kappa shape index (κ1) is 17.1. The molecule has 1 aromatic rings. The van der Waals surface area contributed by atoms with Crippen molar-refractivity contribution >= 4 is 15.8 Å². The van der Waals surface area contributed by atoms with E-state index in [0.29, 0.717) is 12.6 Å². The molecular formula is C15H26N4O2S. The molecule has 0 bridgehead atoms. The van der Waals surface area contributed by atoms with Crippen LogP contribution >= 0.6 is 0 Å². The maximum atomic E-state index is 11.2. The van der Waals surface area contributed by atoms with Crippen LogP contribution in [-0.2, 0) is 16.4 Å². The van der Waals surface area contributed by atoms with E-state index in [4.69, 9.17) is 0 Å². The van der Waals surface area contributed by atoms with E-state index in [1.54, 1.807) is 0 Å². The summed E-state index contributed by atoms with van der Waals surface area (Å²) in [6, 6.07) is 2.40. The monoisotopic (exact) mass is 326 g/mol. The van der Waals surface area contributed by atoms with Gasteiger partial charge in [0.2, 0.25) is 10.0 Å². The number of hydrogen-bond acceptors (Lipinski definition) is 5. The topological polar surface area (TPSA) is 75.2 Å². The van der Waals surface area contributed by atoms with Gasteiger partial charge in [0.05, 0.1) is 6.26 Å². The molecule has 1 N–H and O–H groups in total. The van der Waals surface area contributed by atoms with Crippen molar-refractivity contribution in [1.29, 1.82) is 0 Å². The molecule has 22 heavy (non-hydrogen) atoms. The van der Waals surface area contributed by atoms with E-state index >= 15 is 0 Å². The second kappa shape index (κ2) is 7.37. The van der Waals surface area contributed by atoms with E-state index in [2.05, 4.69) is 32.6 Å². The largest absolute Gasteiger partial charge is 0.353 e. The van der Waals surface area contributed by atoms with Crippen molar-refractivity contribution < 1.29 is 8.42 Å². The van der Waals surface area contributed by atoms with Crippen LogP contribution in [0, 0.1) is 6.92 Å². The van der Waals surface area contributed by atoms with Crippen LogP contribution < -0.4 is 9.62 Å². The fraction of sp³-hybridized carbons (Fsp3) is 0.733. The van der Waals surface area contributed by atoms with Crippen molar-refractivity contribution in [3.63, 3.8) is 0 Å². The first-order chi connectivity index (χ1) is 10.4. The smallest absolute Gasteiger partial charge is 0.208 e. The molecule has 6 nitrogen and oxygen atoms in total. The van der Waals surface area contributed by atoms with Crippen molar-refractivity contribution in [2.24, 2.45) is 0 Å². The SMILES string of the molecule is CCc1cc(N2CCCCC2CCNS(C)(=O)=O)nc(C)n1. The molecule has 0 spiro atoms. The Morgan fingerprint density at radius 3 is 2.82 bits per heavy atom. The molecule has 1 aliphatic heterocycles. The Kier molecular flexibility index (Phi) is 5.74. The Labute approximate surface area is 133 Å². The summed E-state index contributed by atoms with van der Waals surface area (Å²) in [5.41, 5.74) is 1.06. The lowest BCUT2D eigenvalue weighted by Crippen LogP contribution is -2.42. The predicted molar refractivity (Wildman–Crippen MR) is 88.6 cm³/mol.